The molecule has 0 bridgehead atoms. The van der Waals surface area contributed by atoms with Crippen LogP contribution in [0.2, 0.25) is 0 Å². The molecule has 0 heterocycles. The van der Waals surface area contributed by atoms with Gasteiger partial charge < -0.3 is 16.7 Å². The number of anilines is 1. The molecule has 0 fully saturated rings. The third kappa shape index (κ3) is 33.2. The molecule has 59 heavy (non-hydrogen) atoms. The van der Waals surface area contributed by atoms with Crippen LogP contribution in [0.5, 0.6) is 0 Å². The van der Waals surface area contributed by atoms with E-state index in [1.165, 1.54) is 127 Å². The summed E-state index contributed by atoms with van der Waals surface area (Å²) in [5, 5.41) is 0. The maximum absolute atomic E-state index is 11.3. The first-order valence-corrected chi connectivity index (χ1v) is 25.8. The van der Waals surface area contributed by atoms with Gasteiger partial charge in [0.15, 0.2) is 0 Å². The van der Waals surface area contributed by atoms with Crippen LogP contribution in [0.4, 0.5) is 5.69 Å². The number of rotatable bonds is 25. The summed E-state index contributed by atoms with van der Waals surface area (Å²) in [6, 6.07) is 19.5. The normalized spacial score (nSPS) is 11.3. The maximum atomic E-state index is 11.3. The van der Waals surface area contributed by atoms with E-state index in [0.717, 1.165) is 57.2 Å². The zero-order valence-electron chi connectivity index (χ0n) is 36.1. The Labute approximate surface area is 372 Å². The summed E-state index contributed by atoms with van der Waals surface area (Å²) in [4.78, 5) is 0.381. The predicted molar refractivity (Wildman–Crippen MR) is 238 cm³/mol. The fourth-order valence-corrected chi connectivity index (χ4v) is 7.97. The Morgan fingerprint density at radius 3 is 1.08 bits per heavy atom. The number of benzene rings is 3. The first-order chi connectivity index (χ1) is 28.2. The van der Waals surface area contributed by atoms with Gasteiger partial charge in [-0.25, -0.2) is 0 Å². The summed E-state index contributed by atoms with van der Waals surface area (Å²) < 4.78 is 92.4. The van der Waals surface area contributed by atoms with Gasteiger partial charge in [0.25, 0.3) is 20.2 Å². The van der Waals surface area contributed by atoms with Crippen LogP contribution >= 0.6 is 0 Å². The number of hydrogen-bond acceptors (Lipinski definition) is 8. The minimum absolute atomic E-state index is 0.0610. The molecule has 0 aliphatic rings. The molecule has 334 valence electrons. The van der Waals surface area contributed by atoms with Gasteiger partial charge in [-0.3, -0.25) is 13.3 Å². The fourth-order valence-electron chi connectivity index (χ4n) is 6.11. The summed E-state index contributed by atoms with van der Waals surface area (Å²) in [7, 11) is -8.19. The number of unbranched alkanes of at least 4 members (excludes halogenated alkanes) is 18. The van der Waals surface area contributed by atoms with E-state index in [1.807, 2.05) is 32.4 Å². The molecule has 0 aliphatic carbocycles. The molecule has 10 nitrogen and oxygen atoms in total. The zero-order chi connectivity index (χ0) is 44.8. The van der Waals surface area contributed by atoms with Crippen molar-refractivity contribution in [2.75, 3.05) is 5.73 Å². The second-order valence-corrected chi connectivity index (χ2v) is 18.1. The molecular weight excluding hydrogens is 843 g/mol. The first-order valence-electron chi connectivity index (χ1n) is 21.2. The van der Waals surface area contributed by atoms with Crippen molar-refractivity contribution in [2.45, 2.75) is 184 Å². The van der Waals surface area contributed by atoms with E-state index in [-0.39, 0.29) is 14.7 Å². The van der Waals surface area contributed by atoms with Crippen molar-refractivity contribution < 1.29 is 58.4 Å². The van der Waals surface area contributed by atoms with Gasteiger partial charge in [0, 0.05) is 10.6 Å². The van der Waals surface area contributed by atoms with Gasteiger partial charge in [-0.05, 0) is 84.3 Å². The van der Waals surface area contributed by atoms with Gasteiger partial charge in [0.05, 0.1) is 9.79 Å². The minimum atomic E-state index is -4.10. The van der Waals surface area contributed by atoms with Gasteiger partial charge in [-0.2, -0.15) is 30.7 Å². The molecule has 0 aliphatic heterocycles. The van der Waals surface area contributed by atoms with Gasteiger partial charge in [-0.15, -0.1) is 0 Å². The quantitative estimate of drug-likeness (QED) is 0.0184. The number of nitrogen functional groups attached to an aromatic ring is 1. The molecule has 3 aromatic rings. The zero-order valence-corrected chi connectivity index (χ0v) is 40.1. The molecule has 3 aromatic carbocycles. The number of aryl methyl sites for hydroxylation is 2. The molecule has 0 radical (unpaired) electrons. The molecule has 0 spiro atoms. The number of hydrogen-bond donors (Lipinski definition) is 3. The average molecular weight is 916 g/mol. The van der Waals surface area contributed by atoms with E-state index < -0.39 is 31.3 Å². The SMILES string of the molecule is CCCCCCCCCCCCc1ccccc1S(=O)(=O)O.CCCCCCCCCCCCc1ccccc1S(=O)(=O)O.C[CH-]C.Nc1ccc(S(=O)[O-])cc1.[O]=[Ti+2]. The Morgan fingerprint density at radius 1 is 0.542 bits per heavy atom. The Balaban J connectivity index is 0. The van der Waals surface area contributed by atoms with Crippen LogP contribution in [0, 0.1) is 6.42 Å². The summed E-state index contributed by atoms with van der Waals surface area (Å²) in [5.74, 6) is 0. The second kappa shape index (κ2) is 38.8. The van der Waals surface area contributed by atoms with E-state index in [9.17, 15) is 34.7 Å². The van der Waals surface area contributed by atoms with E-state index in [4.69, 9.17) is 9.06 Å². The van der Waals surface area contributed by atoms with Crippen molar-refractivity contribution in [3.63, 3.8) is 0 Å². The Kier molecular flexibility index (Phi) is 38.8. The standard InChI is InChI=1S/2C18H30O3S.C6H7NO2S.C3H7.O.Ti/c2*1-2-3-4-5-6-7-8-9-10-11-14-17-15-12-13-16-18(17)22(19,20)21;7-5-1-3-6(4-2-5)10(8)9;1-3-2;;/h2*12-13,15-16H,2-11,14H2,1H3,(H,19,20,21);1-4H,7H2,(H,8,9);3H,1-2H3;;/q;;;-1;;+2/p-1. The Bertz CT molecular complexity index is 1600. The van der Waals surface area contributed by atoms with Crippen LogP contribution in [0.15, 0.2) is 87.5 Å². The van der Waals surface area contributed by atoms with Crippen LogP contribution in [0.25, 0.3) is 0 Å². The van der Waals surface area contributed by atoms with Crippen molar-refractivity contribution >= 4 is 37.0 Å². The molecule has 0 aromatic heterocycles. The van der Waals surface area contributed by atoms with E-state index in [2.05, 4.69) is 13.8 Å². The molecule has 1 atom stereocenters. The van der Waals surface area contributed by atoms with Crippen molar-refractivity contribution in [1.29, 1.82) is 0 Å². The average Bonchev–Trinajstić information content (AvgIpc) is 3.20. The van der Waals surface area contributed by atoms with E-state index >= 15 is 0 Å². The van der Waals surface area contributed by atoms with Crippen LogP contribution in [-0.4, -0.2) is 34.7 Å². The summed E-state index contributed by atoms with van der Waals surface area (Å²) in [6.07, 6.45) is 28.6. The molecule has 14 heteroatoms. The van der Waals surface area contributed by atoms with Crippen molar-refractivity contribution in [3.8, 4) is 0 Å². The number of nitrogens with two attached hydrogens (primary N) is 1. The molecule has 1 unspecified atom stereocenters. The first kappa shape index (κ1) is 59.0. The van der Waals surface area contributed by atoms with Crippen LogP contribution in [0.1, 0.15) is 167 Å². The van der Waals surface area contributed by atoms with Crippen LogP contribution in [0.3, 0.4) is 0 Å². The summed E-state index contributed by atoms with van der Waals surface area (Å²) in [5.41, 5.74) is 7.34. The van der Waals surface area contributed by atoms with Crippen molar-refractivity contribution in [3.05, 3.63) is 90.3 Å². The molecular formula is C45H73NO9S3Ti. The third-order valence-electron chi connectivity index (χ3n) is 9.17. The van der Waals surface area contributed by atoms with Gasteiger partial charge in [0.1, 0.15) is 0 Å². The Morgan fingerprint density at radius 2 is 0.814 bits per heavy atom. The predicted octanol–water partition coefficient (Wildman–Crippen LogP) is 12.4. The molecule has 0 amide bonds. The second-order valence-electron chi connectivity index (χ2n) is 14.4. The third-order valence-corrected chi connectivity index (χ3v) is 11.7. The van der Waals surface area contributed by atoms with Crippen LogP contribution < -0.4 is 5.73 Å². The summed E-state index contributed by atoms with van der Waals surface area (Å²) >= 11 is -1.39. The van der Waals surface area contributed by atoms with Crippen molar-refractivity contribution in [2.24, 2.45) is 0 Å². The van der Waals surface area contributed by atoms with Gasteiger partial charge in [0.2, 0.25) is 0 Å². The van der Waals surface area contributed by atoms with Gasteiger partial charge in [-0.1, -0.05) is 166 Å². The van der Waals surface area contributed by atoms with E-state index in [1.54, 1.807) is 36.4 Å². The van der Waals surface area contributed by atoms with Gasteiger partial charge >= 0.3 is 23.7 Å². The molecule has 3 rings (SSSR count). The Hall–Kier alpha value is -2.10. The van der Waals surface area contributed by atoms with Crippen LogP contribution in [-0.2, 0) is 67.9 Å². The molecule has 0 saturated heterocycles. The van der Waals surface area contributed by atoms with Crippen molar-refractivity contribution in [1.82, 2.24) is 0 Å². The fraction of sp³-hybridized carbons (Fsp3) is 0.578. The molecule has 0 saturated carbocycles. The molecule has 4 N–H and O–H groups in total. The summed E-state index contributed by atoms with van der Waals surface area (Å²) in [6.45, 7) is 8.47. The topological polar surface area (TPSA) is 192 Å². The monoisotopic (exact) mass is 915 g/mol. The van der Waals surface area contributed by atoms with E-state index in [0.29, 0.717) is 18.5 Å².